The molecule has 2 aromatic rings. The monoisotopic (exact) mass is 361 g/mol. The van der Waals surface area contributed by atoms with Crippen molar-refractivity contribution < 1.29 is 29.3 Å². The van der Waals surface area contributed by atoms with Crippen LogP contribution < -0.4 is 14.8 Å². The fourth-order valence-corrected chi connectivity index (χ4v) is 1.85. The topological polar surface area (TPSA) is 105 Å². The Hall–Kier alpha value is -3.06. The average Bonchev–Trinajstić information content (AvgIpc) is 2.63. The molecule has 0 aliphatic carbocycles. The molecule has 0 saturated heterocycles. The van der Waals surface area contributed by atoms with Gasteiger partial charge >= 0.3 is 11.9 Å². The predicted molar refractivity (Wildman–Crippen MR) is 96.9 cm³/mol. The van der Waals surface area contributed by atoms with Gasteiger partial charge in [0, 0.05) is 6.07 Å². The standard InChI is InChI=1S/C17H21NO2.C2H2O4/c1-18-12-5-6-13-19-16-10-7-11-17(14-16)20-15-8-3-2-4-9-15;3-1(4)2(5)6/h2-4,7-11,14,18H,5-6,12-13H2,1H3;(H,3,4)(H,5,6). The van der Waals surface area contributed by atoms with E-state index < -0.39 is 11.9 Å². The second-order valence-corrected chi connectivity index (χ2v) is 5.16. The SMILES string of the molecule is CNCCCCOc1cccc(Oc2ccccc2)c1.O=C(O)C(=O)O. The number of nitrogens with one attached hydrogen (secondary N) is 1. The van der Waals surface area contributed by atoms with Crippen molar-refractivity contribution in [1.82, 2.24) is 5.32 Å². The smallest absolute Gasteiger partial charge is 0.414 e. The maximum atomic E-state index is 9.10. The van der Waals surface area contributed by atoms with Crippen molar-refractivity contribution in [2.45, 2.75) is 12.8 Å². The van der Waals surface area contributed by atoms with E-state index >= 15 is 0 Å². The van der Waals surface area contributed by atoms with Crippen LogP contribution >= 0.6 is 0 Å². The minimum atomic E-state index is -1.82. The fraction of sp³-hybridized carbons (Fsp3) is 0.263. The van der Waals surface area contributed by atoms with E-state index in [4.69, 9.17) is 29.3 Å². The third-order valence-corrected chi connectivity index (χ3v) is 3.06. The lowest BCUT2D eigenvalue weighted by molar-refractivity contribution is -0.159. The van der Waals surface area contributed by atoms with Gasteiger partial charge in [-0.2, -0.15) is 0 Å². The Balaban J connectivity index is 0.000000487. The normalized spacial score (nSPS) is 9.58. The summed E-state index contributed by atoms with van der Waals surface area (Å²) >= 11 is 0. The second kappa shape index (κ2) is 12.3. The van der Waals surface area contributed by atoms with Crippen LogP contribution in [0.2, 0.25) is 0 Å². The van der Waals surface area contributed by atoms with Crippen LogP contribution in [0.15, 0.2) is 54.6 Å². The van der Waals surface area contributed by atoms with Gasteiger partial charge in [0.1, 0.15) is 17.2 Å². The van der Waals surface area contributed by atoms with E-state index in [1.807, 2.05) is 61.6 Å². The van der Waals surface area contributed by atoms with Gasteiger partial charge in [0.2, 0.25) is 0 Å². The van der Waals surface area contributed by atoms with E-state index in [0.717, 1.165) is 43.2 Å². The van der Waals surface area contributed by atoms with Gasteiger partial charge in [-0.15, -0.1) is 0 Å². The lowest BCUT2D eigenvalue weighted by Crippen LogP contribution is -2.09. The number of ether oxygens (including phenoxy) is 2. The van der Waals surface area contributed by atoms with Crippen molar-refractivity contribution in [2.24, 2.45) is 0 Å². The second-order valence-electron chi connectivity index (χ2n) is 5.16. The summed E-state index contributed by atoms with van der Waals surface area (Å²) in [6.45, 7) is 1.76. The molecule has 0 bridgehead atoms. The van der Waals surface area contributed by atoms with E-state index in [9.17, 15) is 0 Å². The first-order valence-corrected chi connectivity index (χ1v) is 8.09. The molecule has 0 heterocycles. The number of rotatable bonds is 8. The summed E-state index contributed by atoms with van der Waals surface area (Å²) in [5.74, 6) is -1.17. The maximum absolute atomic E-state index is 9.10. The van der Waals surface area contributed by atoms with Crippen LogP contribution in [-0.2, 0) is 9.59 Å². The Labute approximate surface area is 152 Å². The van der Waals surface area contributed by atoms with Crippen LogP contribution in [0.5, 0.6) is 17.2 Å². The molecule has 0 radical (unpaired) electrons. The van der Waals surface area contributed by atoms with E-state index in [2.05, 4.69) is 5.32 Å². The number of carboxylic acid groups (broad SMARTS) is 2. The molecular formula is C19H23NO6. The number of aliphatic carboxylic acids is 2. The molecule has 0 aliphatic heterocycles. The molecule has 0 atom stereocenters. The summed E-state index contributed by atoms with van der Waals surface area (Å²) in [5, 5.41) is 17.9. The lowest BCUT2D eigenvalue weighted by atomic mass is 10.3. The van der Waals surface area contributed by atoms with E-state index in [-0.39, 0.29) is 0 Å². The summed E-state index contributed by atoms with van der Waals surface area (Å²) in [5.41, 5.74) is 0. The molecule has 0 aromatic heterocycles. The molecule has 0 saturated carbocycles. The number of hydrogen-bond donors (Lipinski definition) is 3. The zero-order chi connectivity index (χ0) is 19.2. The molecule has 7 nitrogen and oxygen atoms in total. The number of para-hydroxylation sites is 1. The first-order valence-electron chi connectivity index (χ1n) is 8.09. The zero-order valence-corrected chi connectivity index (χ0v) is 14.6. The molecule has 0 aliphatic rings. The molecule has 26 heavy (non-hydrogen) atoms. The van der Waals surface area contributed by atoms with Crippen molar-refractivity contribution >= 4 is 11.9 Å². The number of carboxylic acids is 2. The van der Waals surface area contributed by atoms with Crippen molar-refractivity contribution in [3.63, 3.8) is 0 Å². The molecule has 0 unspecified atom stereocenters. The number of hydrogen-bond acceptors (Lipinski definition) is 5. The van der Waals surface area contributed by atoms with Crippen LogP contribution in [0.25, 0.3) is 0 Å². The summed E-state index contributed by atoms with van der Waals surface area (Å²) in [4.78, 5) is 18.2. The summed E-state index contributed by atoms with van der Waals surface area (Å²) in [6, 6.07) is 17.5. The Morgan fingerprint density at radius 3 is 2.12 bits per heavy atom. The molecular weight excluding hydrogens is 338 g/mol. The molecule has 140 valence electrons. The highest BCUT2D eigenvalue weighted by Crippen LogP contribution is 2.25. The van der Waals surface area contributed by atoms with Gasteiger partial charge in [-0.25, -0.2) is 9.59 Å². The van der Waals surface area contributed by atoms with Gasteiger partial charge in [-0.05, 0) is 50.7 Å². The van der Waals surface area contributed by atoms with Gasteiger partial charge in [0.05, 0.1) is 6.61 Å². The van der Waals surface area contributed by atoms with Crippen molar-refractivity contribution in [1.29, 1.82) is 0 Å². The lowest BCUT2D eigenvalue weighted by Gasteiger charge is -2.09. The highest BCUT2D eigenvalue weighted by molar-refractivity contribution is 6.27. The average molecular weight is 361 g/mol. The van der Waals surface area contributed by atoms with Crippen LogP contribution in [0.3, 0.4) is 0 Å². The quantitative estimate of drug-likeness (QED) is 0.490. The van der Waals surface area contributed by atoms with Crippen molar-refractivity contribution in [2.75, 3.05) is 20.2 Å². The number of benzene rings is 2. The molecule has 2 rings (SSSR count). The number of unbranched alkanes of at least 4 members (excludes halogenated alkanes) is 1. The van der Waals surface area contributed by atoms with Gasteiger partial charge in [0.15, 0.2) is 0 Å². The third kappa shape index (κ3) is 9.29. The highest BCUT2D eigenvalue weighted by atomic mass is 16.5. The summed E-state index contributed by atoms with van der Waals surface area (Å²) in [6.07, 6.45) is 2.17. The fourth-order valence-electron chi connectivity index (χ4n) is 1.85. The van der Waals surface area contributed by atoms with Crippen LogP contribution in [0, 0.1) is 0 Å². The predicted octanol–water partition coefficient (Wildman–Crippen LogP) is 3.01. The number of carbonyl (C=O) groups is 2. The Bertz CT molecular complexity index is 663. The van der Waals surface area contributed by atoms with Gasteiger partial charge < -0.3 is 25.0 Å². The minimum absolute atomic E-state index is 0.733. The van der Waals surface area contributed by atoms with E-state index in [0.29, 0.717) is 0 Å². The largest absolute Gasteiger partial charge is 0.493 e. The van der Waals surface area contributed by atoms with Crippen LogP contribution in [-0.4, -0.2) is 42.4 Å². The van der Waals surface area contributed by atoms with Crippen LogP contribution in [0.1, 0.15) is 12.8 Å². The Morgan fingerprint density at radius 2 is 1.50 bits per heavy atom. The van der Waals surface area contributed by atoms with Crippen LogP contribution in [0.4, 0.5) is 0 Å². The third-order valence-electron chi connectivity index (χ3n) is 3.06. The summed E-state index contributed by atoms with van der Waals surface area (Å²) < 4.78 is 11.5. The van der Waals surface area contributed by atoms with Gasteiger partial charge in [0.25, 0.3) is 0 Å². The first kappa shape index (κ1) is 21.0. The first-order chi connectivity index (χ1) is 12.5. The Kier molecular flexibility index (Phi) is 9.95. The molecule has 0 amide bonds. The molecule has 0 spiro atoms. The Morgan fingerprint density at radius 1 is 0.885 bits per heavy atom. The van der Waals surface area contributed by atoms with E-state index in [1.54, 1.807) is 0 Å². The molecule has 0 fully saturated rings. The van der Waals surface area contributed by atoms with Gasteiger partial charge in [-0.1, -0.05) is 24.3 Å². The molecule has 2 aromatic carbocycles. The maximum Gasteiger partial charge on any atom is 0.414 e. The van der Waals surface area contributed by atoms with Crippen molar-refractivity contribution in [3.8, 4) is 17.2 Å². The van der Waals surface area contributed by atoms with E-state index in [1.165, 1.54) is 0 Å². The zero-order valence-electron chi connectivity index (χ0n) is 14.6. The highest BCUT2D eigenvalue weighted by Gasteiger charge is 2.04. The summed E-state index contributed by atoms with van der Waals surface area (Å²) in [7, 11) is 1.96. The molecule has 3 N–H and O–H groups in total. The minimum Gasteiger partial charge on any atom is -0.493 e. The van der Waals surface area contributed by atoms with Gasteiger partial charge in [-0.3, -0.25) is 0 Å². The van der Waals surface area contributed by atoms with Crippen molar-refractivity contribution in [3.05, 3.63) is 54.6 Å². The molecule has 7 heteroatoms.